The number of allylic oxidation sites excluding steroid dienone is 8. The number of hydrogen-bond donors (Lipinski definition) is 0. The van der Waals surface area contributed by atoms with Gasteiger partial charge in [-0.05, 0) is 47.5 Å². The van der Waals surface area contributed by atoms with E-state index in [1.165, 1.54) is 31.3 Å². The topological polar surface area (TPSA) is 51.8 Å². The summed E-state index contributed by atoms with van der Waals surface area (Å²) in [4.78, 5) is 15.2. The SMILES string of the molecule is CC12C=CC(c3nc(-c4ccccc4)nc(-c4ccc5sc6ccccc6c5c4)n3)=CC1C=C(c1cccc3oc4ccccc4c13)C=C2. The van der Waals surface area contributed by atoms with Gasteiger partial charge < -0.3 is 4.42 Å². The van der Waals surface area contributed by atoms with E-state index < -0.39 is 0 Å². The van der Waals surface area contributed by atoms with Gasteiger partial charge in [0.25, 0.3) is 0 Å². The lowest BCUT2D eigenvalue weighted by Crippen LogP contribution is -2.25. The molecule has 0 saturated carbocycles. The molecule has 0 bridgehead atoms. The van der Waals surface area contributed by atoms with Crippen LogP contribution in [0.5, 0.6) is 0 Å². The van der Waals surface area contributed by atoms with Gasteiger partial charge in [0.1, 0.15) is 11.2 Å². The van der Waals surface area contributed by atoms with Crippen LogP contribution in [0.3, 0.4) is 0 Å². The zero-order chi connectivity index (χ0) is 32.5. The number of nitrogens with zero attached hydrogens (tertiary/aromatic N) is 3. The van der Waals surface area contributed by atoms with E-state index in [-0.39, 0.29) is 11.3 Å². The van der Waals surface area contributed by atoms with Gasteiger partial charge in [-0.2, -0.15) is 0 Å². The first-order valence-electron chi connectivity index (χ1n) is 16.6. The fraction of sp³-hybridized carbons (Fsp3) is 0.0682. The van der Waals surface area contributed by atoms with Gasteiger partial charge >= 0.3 is 0 Å². The van der Waals surface area contributed by atoms with Gasteiger partial charge in [0.15, 0.2) is 17.5 Å². The molecule has 10 rings (SSSR count). The fourth-order valence-electron chi connectivity index (χ4n) is 7.28. The molecule has 0 saturated heterocycles. The van der Waals surface area contributed by atoms with Crippen molar-refractivity contribution in [3.05, 3.63) is 163 Å². The molecular weight excluding hydrogens is 619 g/mol. The Kier molecular flexibility index (Phi) is 6.21. The molecule has 0 aliphatic heterocycles. The van der Waals surface area contributed by atoms with E-state index in [9.17, 15) is 0 Å². The third kappa shape index (κ3) is 4.61. The van der Waals surface area contributed by atoms with Crippen molar-refractivity contribution in [2.24, 2.45) is 11.3 Å². The quantitative estimate of drug-likeness (QED) is 0.191. The number of benzene rings is 5. The van der Waals surface area contributed by atoms with E-state index in [1.807, 2.05) is 41.7 Å². The Morgan fingerprint density at radius 3 is 2.12 bits per heavy atom. The normalized spacial score (nSPS) is 18.7. The van der Waals surface area contributed by atoms with Gasteiger partial charge in [0.2, 0.25) is 0 Å². The minimum Gasteiger partial charge on any atom is -0.456 e. The number of furan rings is 1. The molecule has 5 heteroatoms. The van der Waals surface area contributed by atoms with E-state index in [2.05, 4.69) is 128 Å². The summed E-state index contributed by atoms with van der Waals surface area (Å²) in [5.41, 5.74) is 6.93. The molecule has 8 aromatic rings. The van der Waals surface area contributed by atoms with Crippen LogP contribution in [-0.2, 0) is 0 Å². The number of para-hydroxylation sites is 1. The molecule has 3 heterocycles. The second-order valence-electron chi connectivity index (χ2n) is 13.1. The number of thiophene rings is 1. The van der Waals surface area contributed by atoms with Crippen LogP contribution in [-0.4, -0.2) is 15.0 Å². The molecule has 0 radical (unpaired) electrons. The van der Waals surface area contributed by atoms with Crippen LogP contribution < -0.4 is 0 Å². The minimum atomic E-state index is -0.164. The van der Waals surface area contributed by atoms with Crippen LogP contribution in [0.25, 0.3) is 76.0 Å². The first kappa shape index (κ1) is 28.1. The Labute approximate surface area is 287 Å². The van der Waals surface area contributed by atoms with Crippen molar-refractivity contribution in [3.63, 3.8) is 0 Å². The number of hydrogen-bond acceptors (Lipinski definition) is 5. The van der Waals surface area contributed by atoms with E-state index in [0.29, 0.717) is 17.5 Å². The van der Waals surface area contributed by atoms with Crippen LogP contribution in [0, 0.1) is 11.3 Å². The molecule has 232 valence electrons. The molecule has 2 atom stereocenters. The second-order valence-corrected chi connectivity index (χ2v) is 14.1. The Hall–Kier alpha value is -5.91. The molecule has 2 unspecified atom stereocenters. The fourth-order valence-corrected chi connectivity index (χ4v) is 8.37. The number of rotatable bonds is 4. The first-order chi connectivity index (χ1) is 24.1. The molecule has 0 spiro atoms. The highest BCUT2D eigenvalue weighted by molar-refractivity contribution is 7.25. The minimum absolute atomic E-state index is 0.106. The predicted octanol–water partition coefficient (Wildman–Crippen LogP) is 11.7. The summed E-state index contributed by atoms with van der Waals surface area (Å²) in [6, 6.07) is 39.9. The molecule has 49 heavy (non-hydrogen) atoms. The first-order valence-corrected chi connectivity index (χ1v) is 17.4. The predicted molar refractivity (Wildman–Crippen MR) is 203 cm³/mol. The summed E-state index contributed by atoms with van der Waals surface area (Å²) >= 11 is 1.81. The van der Waals surface area contributed by atoms with Crippen LogP contribution >= 0.6 is 11.3 Å². The number of fused-ring (bicyclic) bond motifs is 7. The maximum Gasteiger partial charge on any atom is 0.164 e. The van der Waals surface area contributed by atoms with Gasteiger partial charge in [-0.15, -0.1) is 11.3 Å². The molecule has 4 nitrogen and oxygen atoms in total. The van der Waals surface area contributed by atoms with Gasteiger partial charge in [0.05, 0.1) is 0 Å². The summed E-state index contributed by atoms with van der Waals surface area (Å²) in [6.07, 6.45) is 13.8. The smallest absolute Gasteiger partial charge is 0.164 e. The molecule has 2 aliphatic carbocycles. The van der Waals surface area contributed by atoms with E-state index in [1.54, 1.807) is 0 Å². The lowest BCUT2D eigenvalue weighted by molar-refractivity contribution is 0.455. The van der Waals surface area contributed by atoms with Crippen molar-refractivity contribution in [1.82, 2.24) is 15.0 Å². The highest BCUT2D eigenvalue weighted by Crippen LogP contribution is 2.46. The van der Waals surface area contributed by atoms with Crippen LogP contribution in [0.1, 0.15) is 18.3 Å². The largest absolute Gasteiger partial charge is 0.456 e. The summed E-state index contributed by atoms with van der Waals surface area (Å²) in [6.45, 7) is 2.29. The summed E-state index contributed by atoms with van der Waals surface area (Å²) in [5.74, 6) is 2.11. The molecule has 0 amide bonds. The molecule has 2 aliphatic rings. The molecule has 0 fully saturated rings. The average molecular weight is 648 g/mol. The lowest BCUT2D eigenvalue weighted by atomic mass is 9.69. The van der Waals surface area contributed by atoms with Crippen LogP contribution in [0.2, 0.25) is 0 Å². The monoisotopic (exact) mass is 647 g/mol. The van der Waals surface area contributed by atoms with Crippen LogP contribution in [0.15, 0.2) is 156 Å². The van der Waals surface area contributed by atoms with Crippen LogP contribution in [0.4, 0.5) is 0 Å². The zero-order valence-corrected chi connectivity index (χ0v) is 27.5. The second kappa shape index (κ2) is 10.8. The van der Waals surface area contributed by atoms with Crippen molar-refractivity contribution in [3.8, 4) is 22.8 Å². The van der Waals surface area contributed by atoms with Gasteiger partial charge in [0, 0.05) is 59.0 Å². The molecule has 0 N–H and O–H groups in total. The summed E-state index contributed by atoms with van der Waals surface area (Å²) in [7, 11) is 0. The maximum atomic E-state index is 6.22. The van der Waals surface area contributed by atoms with Crippen molar-refractivity contribution < 1.29 is 4.42 Å². The Morgan fingerprint density at radius 1 is 0.571 bits per heavy atom. The summed E-state index contributed by atoms with van der Waals surface area (Å²) < 4.78 is 8.76. The summed E-state index contributed by atoms with van der Waals surface area (Å²) in [5, 5.41) is 4.76. The molecule has 5 aromatic carbocycles. The third-order valence-corrected chi connectivity index (χ3v) is 11.1. The standard InChI is InChI=1S/C44H29N3OS/c1-44-22-20-28(32-14-9-16-37-40(32)34-13-5-7-15-36(34)48-37)24-31(44)25-30(21-23-44)43-46-41(27-10-3-2-4-11-27)45-42(47-43)29-18-19-39-35(26-29)33-12-6-8-17-38(33)49-39/h2-26,31H,1H3. The molecule has 3 aromatic heterocycles. The van der Waals surface area contributed by atoms with Crippen molar-refractivity contribution in [1.29, 1.82) is 0 Å². The van der Waals surface area contributed by atoms with E-state index >= 15 is 0 Å². The van der Waals surface area contributed by atoms with Gasteiger partial charge in [-0.1, -0.05) is 122 Å². The number of aromatic nitrogens is 3. The Balaban J connectivity index is 1.11. The van der Waals surface area contributed by atoms with Crippen molar-refractivity contribution in [2.45, 2.75) is 6.92 Å². The van der Waals surface area contributed by atoms with E-state index in [0.717, 1.165) is 38.6 Å². The van der Waals surface area contributed by atoms with E-state index in [4.69, 9.17) is 19.4 Å². The highest BCUT2D eigenvalue weighted by atomic mass is 32.1. The van der Waals surface area contributed by atoms with Crippen molar-refractivity contribution >= 4 is 64.6 Å². The van der Waals surface area contributed by atoms with Crippen molar-refractivity contribution in [2.75, 3.05) is 0 Å². The lowest BCUT2D eigenvalue weighted by Gasteiger charge is -2.35. The average Bonchev–Trinajstić information content (AvgIpc) is 3.73. The maximum absolute atomic E-state index is 6.22. The Bertz CT molecular complexity index is 2750. The Morgan fingerprint density at radius 2 is 1.24 bits per heavy atom. The third-order valence-electron chi connectivity index (χ3n) is 9.95. The van der Waals surface area contributed by atoms with Gasteiger partial charge in [-0.25, -0.2) is 15.0 Å². The molecular formula is C44H29N3OS. The van der Waals surface area contributed by atoms with Gasteiger partial charge in [-0.3, -0.25) is 0 Å². The highest BCUT2D eigenvalue weighted by Gasteiger charge is 2.33. The zero-order valence-electron chi connectivity index (χ0n) is 26.7.